The molecule has 7 nitrogen and oxygen atoms in total. The molecule has 0 aliphatic carbocycles. The number of methoxy groups -OCH3 is 1. The number of halogens is 1. The van der Waals surface area contributed by atoms with E-state index in [1.807, 2.05) is 48.5 Å². The molecule has 0 aliphatic heterocycles. The number of hydrogen-bond acceptors (Lipinski definition) is 4. The summed E-state index contributed by atoms with van der Waals surface area (Å²) in [4.78, 5) is 26.1. The molecule has 28 heavy (non-hydrogen) atoms. The maximum absolute atomic E-state index is 12.0. The summed E-state index contributed by atoms with van der Waals surface area (Å²) in [5.74, 6) is -0.317. The van der Waals surface area contributed by atoms with Gasteiger partial charge in [0.1, 0.15) is 5.84 Å². The van der Waals surface area contributed by atoms with Crippen LogP contribution < -0.4 is 11.4 Å². The van der Waals surface area contributed by atoms with Crippen LogP contribution >= 0.6 is 12.4 Å². The summed E-state index contributed by atoms with van der Waals surface area (Å²) in [5, 5.41) is 7.44. The van der Waals surface area contributed by atoms with Crippen molar-refractivity contribution in [3.05, 3.63) is 70.8 Å². The van der Waals surface area contributed by atoms with E-state index >= 15 is 0 Å². The van der Waals surface area contributed by atoms with E-state index in [4.69, 9.17) is 11.1 Å². The summed E-state index contributed by atoms with van der Waals surface area (Å²) < 4.78 is 6.05. The molecule has 0 saturated carbocycles. The van der Waals surface area contributed by atoms with Gasteiger partial charge < -0.3 is 15.5 Å². The summed E-state index contributed by atoms with van der Waals surface area (Å²) in [6, 6.07) is 15.2. The summed E-state index contributed by atoms with van der Waals surface area (Å²) in [5.41, 5.74) is 9.47. The molecule has 1 aromatic heterocycles. The molecule has 0 aliphatic rings. The molecule has 146 valence electrons. The van der Waals surface area contributed by atoms with E-state index in [1.165, 1.54) is 11.7 Å². The molecule has 0 unspecified atom stereocenters. The molecule has 4 N–H and O–H groups in total. The molecule has 0 amide bonds. The second-order valence-corrected chi connectivity index (χ2v) is 6.06. The normalized spacial score (nSPS) is 10.2. The van der Waals surface area contributed by atoms with E-state index in [-0.39, 0.29) is 42.9 Å². The number of aromatic nitrogens is 2. The minimum atomic E-state index is -0.357. The van der Waals surface area contributed by atoms with E-state index in [0.29, 0.717) is 11.3 Å². The van der Waals surface area contributed by atoms with Gasteiger partial charge in [-0.3, -0.25) is 14.8 Å². The molecule has 0 saturated heterocycles. The first kappa shape index (κ1) is 21.0. The molecular formula is C20H21ClN4O3. The first-order valence-electron chi connectivity index (χ1n) is 8.39. The van der Waals surface area contributed by atoms with Crippen LogP contribution in [0.25, 0.3) is 22.4 Å². The number of esters is 1. The van der Waals surface area contributed by atoms with Crippen molar-refractivity contribution in [3.8, 4) is 22.4 Å². The fourth-order valence-corrected chi connectivity index (χ4v) is 2.74. The molecule has 0 atom stereocenters. The number of nitrogen functional groups attached to an aromatic ring is 1. The van der Waals surface area contributed by atoms with Gasteiger partial charge in [-0.25, -0.2) is 4.79 Å². The third-order valence-electron chi connectivity index (χ3n) is 4.30. The Balaban J connectivity index is 0.00000280. The van der Waals surface area contributed by atoms with Gasteiger partial charge in [0.15, 0.2) is 0 Å². The van der Waals surface area contributed by atoms with E-state index in [9.17, 15) is 9.59 Å². The summed E-state index contributed by atoms with van der Waals surface area (Å²) in [6.07, 6.45) is 1.84. The number of carbonyl (C=O) groups excluding carboxylic acids is 1. The van der Waals surface area contributed by atoms with Gasteiger partial charge in [-0.2, -0.15) is 0 Å². The fourth-order valence-electron chi connectivity index (χ4n) is 2.74. The SMILES string of the molecule is COC(=O)CCn1cc(-c2ccc(-c3ccc(C(=N)N)cc3)cc2)[nH]c1=O.Cl. The van der Waals surface area contributed by atoms with E-state index < -0.39 is 0 Å². The van der Waals surface area contributed by atoms with Crippen molar-refractivity contribution in [3.63, 3.8) is 0 Å². The summed E-state index contributed by atoms with van der Waals surface area (Å²) >= 11 is 0. The number of nitrogens with one attached hydrogen (secondary N) is 2. The number of benzene rings is 2. The van der Waals surface area contributed by atoms with Crippen LogP contribution in [0, 0.1) is 5.41 Å². The lowest BCUT2D eigenvalue weighted by atomic mass is 10.0. The van der Waals surface area contributed by atoms with Crippen LogP contribution in [0.15, 0.2) is 59.5 Å². The second kappa shape index (κ2) is 9.05. The van der Waals surface area contributed by atoms with Crippen LogP contribution in [0.3, 0.4) is 0 Å². The van der Waals surface area contributed by atoms with Crippen molar-refractivity contribution in [2.24, 2.45) is 5.73 Å². The average molecular weight is 401 g/mol. The highest BCUT2D eigenvalue weighted by Gasteiger charge is 2.08. The lowest BCUT2D eigenvalue weighted by molar-refractivity contribution is -0.140. The fraction of sp³-hybridized carbons (Fsp3) is 0.150. The number of hydrogen-bond donors (Lipinski definition) is 3. The number of amidine groups is 1. The Morgan fingerprint density at radius 3 is 2.14 bits per heavy atom. The predicted octanol–water partition coefficient (Wildman–Crippen LogP) is 2.78. The quantitative estimate of drug-likeness (QED) is 0.335. The maximum Gasteiger partial charge on any atom is 0.325 e. The number of aromatic amines is 1. The minimum Gasteiger partial charge on any atom is -0.469 e. The highest BCUT2D eigenvalue weighted by Crippen LogP contribution is 2.24. The number of imidazole rings is 1. The van der Waals surface area contributed by atoms with Crippen molar-refractivity contribution in [1.82, 2.24) is 9.55 Å². The standard InChI is InChI=1S/C20H20N4O3.ClH/c1-27-18(25)10-11-24-12-17(23-20(24)26)15-6-2-13(3-7-15)14-4-8-16(9-5-14)19(21)22;/h2-9,12H,10-11H2,1H3,(H3,21,22)(H,23,26);1H. The first-order valence-corrected chi connectivity index (χ1v) is 8.39. The summed E-state index contributed by atoms with van der Waals surface area (Å²) in [7, 11) is 1.32. The Kier molecular flexibility index (Phi) is 6.79. The van der Waals surface area contributed by atoms with E-state index in [2.05, 4.69) is 9.72 Å². The number of ether oxygens (including phenoxy) is 1. The predicted molar refractivity (Wildman–Crippen MR) is 111 cm³/mol. The molecule has 0 spiro atoms. The number of nitrogens with two attached hydrogens (primary N) is 1. The van der Waals surface area contributed by atoms with Crippen molar-refractivity contribution < 1.29 is 9.53 Å². The summed E-state index contributed by atoms with van der Waals surface area (Å²) in [6.45, 7) is 0.266. The molecule has 0 radical (unpaired) electrons. The zero-order valence-corrected chi connectivity index (χ0v) is 16.1. The van der Waals surface area contributed by atoms with Crippen LogP contribution in [0.4, 0.5) is 0 Å². The van der Waals surface area contributed by atoms with E-state index in [0.717, 1.165) is 16.7 Å². The lowest BCUT2D eigenvalue weighted by Crippen LogP contribution is -2.18. The Hall–Kier alpha value is -3.32. The van der Waals surface area contributed by atoms with Crippen molar-refractivity contribution >= 4 is 24.2 Å². The zero-order chi connectivity index (χ0) is 19.4. The Bertz CT molecular complexity index is 1020. The number of aryl methyl sites for hydroxylation is 1. The molecule has 8 heteroatoms. The maximum atomic E-state index is 12.0. The number of nitrogens with zero attached hydrogens (tertiary/aromatic N) is 1. The minimum absolute atomic E-state index is 0. The Morgan fingerprint density at radius 1 is 1.07 bits per heavy atom. The van der Waals surface area contributed by atoms with Gasteiger partial charge in [-0.1, -0.05) is 48.5 Å². The molecule has 1 heterocycles. The third kappa shape index (κ3) is 4.69. The van der Waals surface area contributed by atoms with Crippen LogP contribution in [0.5, 0.6) is 0 Å². The van der Waals surface area contributed by atoms with Crippen LogP contribution in [0.2, 0.25) is 0 Å². The zero-order valence-electron chi connectivity index (χ0n) is 15.3. The molecule has 2 aromatic carbocycles. The highest BCUT2D eigenvalue weighted by molar-refractivity contribution is 5.95. The number of rotatable bonds is 6. The monoisotopic (exact) mass is 400 g/mol. The van der Waals surface area contributed by atoms with E-state index in [1.54, 1.807) is 6.20 Å². The smallest absolute Gasteiger partial charge is 0.325 e. The van der Waals surface area contributed by atoms with Gasteiger partial charge >= 0.3 is 11.7 Å². The van der Waals surface area contributed by atoms with Crippen LogP contribution in [0.1, 0.15) is 12.0 Å². The molecule has 3 rings (SSSR count). The van der Waals surface area contributed by atoms with Crippen molar-refractivity contribution in [2.75, 3.05) is 7.11 Å². The van der Waals surface area contributed by atoms with Gasteiger partial charge in [0.2, 0.25) is 0 Å². The van der Waals surface area contributed by atoms with Gasteiger partial charge in [0.25, 0.3) is 0 Å². The second-order valence-electron chi connectivity index (χ2n) is 6.06. The molecule has 0 bridgehead atoms. The molecular weight excluding hydrogens is 380 g/mol. The van der Waals surface area contributed by atoms with Crippen molar-refractivity contribution in [2.45, 2.75) is 13.0 Å². The largest absolute Gasteiger partial charge is 0.469 e. The molecule has 0 fully saturated rings. The third-order valence-corrected chi connectivity index (χ3v) is 4.30. The van der Waals surface area contributed by atoms with Crippen LogP contribution in [-0.2, 0) is 16.1 Å². The average Bonchev–Trinajstić information content (AvgIpc) is 3.07. The lowest BCUT2D eigenvalue weighted by Gasteiger charge is -2.05. The van der Waals surface area contributed by atoms with Gasteiger partial charge in [0.05, 0.1) is 19.2 Å². The number of carbonyl (C=O) groups is 1. The van der Waals surface area contributed by atoms with Gasteiger partial charge in [0, 0.05) is 18.3 Å². The Morgan fingerprint density at radius 2 is 1.61 bits per heavy atom. The van der Waals surface area contributed by atoms with Gasteiger partial charge in [-0.15, -0.1) is 12.4 Å². The first-order chi connectivity index (χ1) is 13.0. The topological polar surface area (TPSA) is 114 Å². The number of H-pyrrole nitrogens is 1. The highest BCUT2D eigenvalue weighted by atomic mass is 35.5. The molecule has 3 aromatic rings. The Labute approximate surface area is 168 Å². The van der Waals surface area contributed by atoms with Gasteiger partial charge in [-0.05, 0) is 16.7 Å². The van der Waals surface area contributed by atoms with Crippen molar-refractivity contribution in [1.29, 1.82) is 5.41 Å². The van der Waals surface area contributed by atoms with Crippen LogP contribution in [-0.4, -0.2) is 28.5 Å².